The molecular weight excluding hydrogens is 438 g/mol. The van der Waals surface area contributed by atoms with Gasteiger partial charge in [0, 0.05) is 19.2 Å². The van der Waals surface area contributed by atoms with Crippen molar-refractivity contribution in [2.75, 3.05) is 19.3 Å². The van der Waals surface area contributed by atoms with Gasteiger partial charge >= 0.3 is 0 Å². The largest absolute Gasteiger partial charge is 0.489 e. The van der Waals surface area contributed by atoms with E-state index in [4.69, 9.17) is 4.74 Å². The molecule has 1 amide bonds. The van der Waals surface area contributed by atoms with E-state index in [9.17, 15) is 22.0 Å². The number of nitrogens with one attached hydrogen (secondary N) is 1. The van der Waals surface area contributed by atoms with E-state index < -0.39 is 21.7 Å². The summed E-state index contributed by atoms with van der Waals surface area (Å²) in [6, 6.07) is 9.03. The summed E-state index contributed by atoms with van der Waals surface area (Å²) in [5.74, 6) is -1.48. The minimum Gasteiger partial charge on any atom is -0.489 e. The third kappa shape index (κ3) is 5.83. The molecule has 1 N–H and O–H groups in total. The fourth-order valence-electron chi connectivity index (χ4n) is 4.07. The van der Waals surface area contributed by atoms with Crippen LogP contribution in [0.5, 0.6) is 5.75 Å². The summed E-state index contributed by atoms with van der Waals surface area (Å²) in [6.45, 7) is 2.22. The van der Waals surface area contributed by atoms with E-state index in [1.54, 1.807) is 12.1 Å². The van der Waals surface area contributed by atoms with Crippen molar-refractivity contribution in [2.24, 2.45) is 0 Å². The van der Waals surface area contributed by atoms with Crippen LogP contribution in [-0.4, -0.2) is 44.7 Å². The van der Waals surface area contributed by atoms with E-state index in [1.165, 1.54) is 24.3 Å². The summed E-state index contributed by atoms with van der Waals surface area (Å²) in [7, 11) is -3.80. The van der Waals surface area contributed by atoms with Crippen molar-refractivity contribution in [1.82, 2.24) is 9.62 Å². The predicted molar refractivity (Wildman–Crippen MR) is 116 cm³/mol. The van der Waals surface area contributed by atoms with Crippen molar-refractivity contribution >= 4 is 15.9 Å². The van der Waals surface area contributed by atoms with Crippen LogP contribution in [0.1, 0.15) is 53.1 Å². The highest BCUT2D eigenvalue weighted by Gasteiger charge is 2.31. The molecule has 2 aromatic carbocycles. The van der Waals surface area contributed by atoms with Crippen molar-refractivity contribution in [2.45, 2.75) is 44.2 Å². The number of sulfonamides is 1. The lowest BCUT2D eigenvalue weighted by Gasteiger charge is -2.33. The standard InChI is InChI=1S/C23H26F2N2O4S/c1-32(29,30)26-23(28)20-11-19(16-6-7-16)22(12-21(20)25)31-18-3-2-10-27(14-18)13-15-4-8-17(24)9-5-15/h4-5,8-9,11-12,16,18H,2-3,6-7,10,13-14H2,1H3,(H,26,28). The average Bonchev–Trinajstić information content (AvgIpc) is 3.54. The van der Waals surface area contributed by atoms with Crippen LogP contribution in [0.2, 0.25) is 0 Å². The molecule has 2 aliphatic rings. The molecule has 2 aromatic rings. The van der Waals surface area contributed by atoms with E-state index in [1.807, 2.05) is 4.72 Å². The lowest BCUT2D eigenvalue weighted by atomic mass is 10.0. The summed E-state index contributed by atoms with van der Waals surface area (Å²) >= 11 is 0. The zero-order valence-electron chi connectivity index (χ0n) is 17.8. The molecule has 0 radical (unpaired) electrons. The Labute approximate surface area is 186 Å². The molecule has 1 unspecified atom stereocenters. The summed E-state index contributed by atoms with van der Waals surface area (Å²) in [6.07, 6.45) is 4.27. The summed E-state index contributed by atoms with van der Waals surface area (Å²) in [5, 5.41) is 0. The SMILES string of the molecule is CS(=O)(=O)NC(=O)c1cc(C2CC2)c(OC2CCCN(Cc3ccc(F)cc3)C2)cc1F. The predicted octanol–water partition coefficient (Wildman–Crippen LogP) is 3.58. The molecule has 1 heterocycles. The molecule has 0 spiro atoms. The molecule has 0 bridgehead atoms. The quantitative estimate of drug-likeness (QED) is 0.678. The van der Waals surface area contributed by atoms with Crippen LogP contribution in [-0.2, 0) is 16.6 Å². The van der Waals surface area contributed by atoms with Crippen LogP contribution >= 0.6 is 0 Å². The Balaban J connectivity index is 1.48. The molecule has 9 heteroatoms. The van der Waals surface area contributed by atoms with Crippen molar-refractivity contribution < 1.29 is 26.7 Å². The number of likely N-dealkylation sites (tertiary alicyclic amines) is 1. The van der Waals surface area contributed by atoms with E-state index in [0.29, 0.717) is 18.8 Å². The molecule has 0 aromatic heterocycles. The lowest BCUT2D eigenvalue weighted by Crippen LogP contribution is -2.40. The summed E-state index contributed by atoms with van der Waals surface area (Å²) in [5.41, 5.74) is 1.45. The molecule has 1 saturated heterocycles. The first-order chi connectivity index (χ1) is 15.2. The first-order valence-corrected chi connectivity index (χ1v) is 12.6. The van der Waals surface area contributed by atoms with Gasteiger partial charge in [-0.1, -0.05) is 12.1 Å². The molecular formula is C23H26F2N2O4S. The maximum Gasteiger partial charge on any atom is 0.267 e. The Kier molecular flexibility index (Phi) is 6.48. The van der Waals surface area contributed by atoms with Crippen LogP contribution in [0.4, 0.5) is 8.78 Å². The van der Waals surface area contributed by atoms with Crippen molar-refractivity contribution in [3.8, 4) is 5.75 Å². The number of halogens is 2. The van der Waals surface area contributed by atoms with Crippen LogP contribution in [0.25, 0.3) is 0 Å². The third-order valence-corrected chi connectivity index (χ3v) is 6.27. The van der Waals surface area contributed by atoms with Crippen LogP contribution < -0.4 is 9.46 Å². The van der Waals surface area contributed by atoms with Gasteiger partial charge in [-0.15, -0.1) is 0 Å². The van der Waals surface area contributed by atoms with Crippen molar-refractivity contribution in [3.05, 3.63) is 64.7 Å². The number of benzene rings is 2. The maximum absolute atomic E-state index is 14.7. The van der Waals surface area contributed by atoms with E-state index in [2.05, 4.69) is 4.90 Å². The van der Waals surface area contributed by atoms with Gasteiger partial charge in [0.1, 0.15) is 23.5 Å². The number of piperidine rings is 1. The minimum atomic E-state index is -3.80. The topological polar surface area (TPSA) is 75.7 Å². The average molecular weight is 465 g/mol. The monoisotopic (exact) mass is 464 g/mol. The highest BCUT2D eigenvalue weighted by Crippen LogP contribution is 2.45. The molecule has 4 rings (SSSR count). The molecule has 2 fully saturated rings. The maximum atomic E-state index is 14.7. The number of hydrogen-bond acceptors (Lipinski definition) is 5. The van der Waals surface area contributed by atoms with Crippen LogP contribution in [0.15, 0.2) is 36.4 Å². The van der Waals surface area contributed by atoms with E-state index in [-0.39, 0.29) is 23.4 Å². The number of hydrogen-bond donors (Lipinski definition) is 1. The number of ether oxygens (including phenoxy) is 1. The number of rotatable bonds is 7. The molecule has 1 aliphatic carbocycles. The number of carbonyl (C=O) groups is 1. The zero-order chi connectivity index (χ0) is 22.9. The van der Waals surface area contributed by atoms with Gasteiger partial charge in [0.05, 0.1) is 11.8 Å². The van der Waals surface area contributed by atoms with Gasteiger partial charge in [-0.05, 0) is 67.5 Å². The highest BCUT2D eigenvalue weighted by molar-refractivity contribution is 7.89. The Morgan fingerprint density at radius 1 is 1.16 bits per heavy atom. The van der Waals surface area contributed by atoms with Gasteiger partial charge in [-0.25, -0.2) is 21.9 Å². The lowest BCUT2D eigenvalue weighted by molar-refractivity contribution is 0.0832. The highest BCUT2D eigenvalue weighted by atomic mass is 32.2. The molecule has 6 nitrogen and oxygen atoms in total. The van der Waals surface area contributed by atoms with Crippen LogP contribution in [0.3, 0.4) is 0 Å². The first kappa shape index (κ1) is 22.7. The molecule has 172 valence electrons. The molecule has 32 heavy (non-hydrogen) atoms. The summed E-state index contributed by atoms with van der Waals surface area (Å²) in [4.78, 5) is 14.4. The first-order valence-electron chi connectivity index (χ1n) is 10.7. The Morgan fingerprint density at radius 2 is 1.88 bits per heavy atom. The number of nitrogens with zero attached hydrogens (tertiary/aromatic N) is 1. The van der Waals surface area contributed by atoms with Gasteiger partial charge in [-0.3, -0.25) is 9.69 Å². The molecule has 1 atom stereocenters. The normalized spacial score (nSPS) is 19.5. The second-order valence-electron chi connectivity index (χ2n) is 8.59. The third-order valence-electron chi connectivity index (χ3n) is 5.71. The summed E-state index contributed by atoms with van der Waals surface area (Å²) < 4.78 is 58.6. The smallest absolute Gasteiger partial charge is 0.267 e. The Bertz CT molecular complexity index is 1100. The molecule has 1 saturated carbocycles. The number of amides is 1. The second kappa shape index (κ2) is 9.15. The van der Waals surface area contributed by atoms with Crippen molar-refractivity contribution in [1.29, 1.82) is 0 Å². The van der Waals surface area contributed by atoms with Gasteiger partial charge in [0.2, 0.25) is 10.0 Å². The zero-order valence-corrected chi connectivity index (χ0v) is 18.6. The second-order valence-corrected chi connectivity index (χ2v) is 10.3. The van der Waals surface area contributed by atoms with Crippen molar-refractivity contribution in [3.63, 3.8) is 0 Å². The van der Waals surface area contributed by atoms with Gasteiger partial charge in [0.25, 0.3) is 5.91 Å². The van der Waals surface area contributed by atoms with Gasteiger partial charge < -0.3 is 4.74 Å². The van der Waals surface area contributed by atoms with Crippen LogP contribution in [0, 0.1) is 11.6 Å². The fourth-order valence-corrected chi connectivity index (χ4v) is 4.51. The Morgan fingerprint density at radius 3 is 2.53 bits per heavy atom. The molecule has 1 aliphatic heterocycles. The van der Waals surface area contributed by atoms with Gasteiger partial charge in [-0.2, -0.15) is 0 Å². The Hall–Kier alpha value is -2.52. The number of carbonyl (C=O) groups excluding carboxylic acids is 1. The van der Waals surface area contributed by atoms with Gasteiger partial charge in [0.15, 0.2) is 0 Å². The van der Waals surface area contributed by atoms with E-state index >= 15 is 0 Å². The van der Waals surface area contributed by atoms with E-state index in [0.717, 1.165) is 49.6 Å². The minimum absolute atomic E-state index is 0.142. The fraction of sp³-hybridized carbons (Fsp3) is 0.435.